The predicted octanol–water partition coefficient (Wildman–Crippen LogP) is 0.822. The van der Waals surface area contributed by atoms with Gasteiger partial charge in [-0.25, -0.2) is 0 Å². The molecule has 1 unspecified atom stereocenters. The zero-order valence-corrected chi connectivity index (χ0v) is 12.2. The highest BCUT2D eigenvalue weighted by Gasteiger charge is 2.08. The third kappa shape index (κ3) is 4.19. The lowest BCUT2D eigenvalue weighted by molar-refractivity contribution is 0.197. The van der Waals surface area contributed by atoms with Crippen molar-refractivity contribution < 1.29 is 9.47 Å². The number of rotatable bonds is 8. The van der Waals surface area contributed by atoms with Crippen molar-refractivity contribution in [1.29, 1.82) is 5.41 Å². The molecule has 2 N–H and O–H groups in total. The van der Waals surface area contributed by atoms with E-state index in [0.717, 1.165) is 12.6 Å². The summed E-state index contributed by atoms with van der Waals surface area (Å²) < 4.78 is 10.4. The summed E-state index contributed by atoms with van der Waals surface area (Å²) >= 11 is 0. The van der Waals surface area contributed by atoms with Crippen molar-refractivity contribution in [3.8, 4) is 6.01 Å². The second kappa shape index (κ2) is 7.99. The van der Waals surface area contributed by atoms with Crippen molar-refractivity contribution in [3.05, 3.63) is 28.8 Å². The number of pyridine rings is 1. The molecule has 0 aliphatic carbocycles. The Labute approximate surface area is 126 Å². The monoisotopic (exact) mass is 303 g/mol. The zero-order valence-electron chi connectivity index (χ0n) is 12.2. The third-order valence-electron chi connectivity index (χ3n) is 2.79. The molecule has 0 amide bonds. The first-order valence-electron chi connectivity index (χ1n) is 6.74. The summed E-state index contributed by atoms with van der Waals surface area (Å²) in [5.74, 6) is 0. The number of nitrogens with zero attached hydrogens (tertiary/aromatic N) is 3. The molecule has 8 nitrogen and oxygen atoms in total. The molecule has 2 aromatic rings. The predicted molar refractivity (Wildman–Crippen MR) is 83.2 cm³/mol. The molecule has 0 aliphatic heterocycles. The average molecular weight is 303 g/mol. The number of aromatic nitrogens is 3. The minimum atomic E-state index is -0.695. The van der Waals surface area contributed by atoms with E-state index in [1.807, 2.05) is 0 Å². The van der Waals surface area contributed by atoms with E-state index in [1.54, 1.807) is 13.2 Å². The van der Waals surface area contributed by atoms with Crippen LogP contribution < -0.4 is 10.3 Å². The summed E-state index contributed by atoms with van der Waals surface area (Å²) in [4.78, 5) is 26.6. The van der Waals surface area contributed by atoms with Gasteiger partial charge in [0, 0.05) is 38.9 Å². The van der Waals surface area contributed by atoms with Gasteiger partial charge in [-0.05, 0) is 12.5 Å². The van der Waals surface area contributed by atoms with Gasteiger partial charge in [0.15, 0.2) is 6.10 Å². The molecule has 0 bridgehead atoms. The van der Waals surface area contributed by atoms with Crippen LogP contribution in [-0.4, -0.2) is 53.7 Å². The second-order valence-electron chi connectivity index (χ2n) is 4.41. The van der Waals surface area contributed by atoms with E-state index in [1.165, 1.54) is 18.6 Å². The molecule has 1 atom stereocenters. The number of aliphatic imine (C=N–C) groups is 1. The van der Waals surface area contributed by atoms with Crippen LogP contribution in [0.5, 0.6) is 6.01 Å². The van der Waals surface area contributed by atoms with Gasteiger partial charge in [0.05, 0.1) is 17.1 Å². The molecule has 0 fully saturated rings. The number of fused-ring (bicyclic) bond motifs is 1. The van der Waals surface area contributed by atoms with E-state index < -0.39 is 6.10 Å². The molecule has 2 aromatic heterocycles. The maximum Gasteiger partial charge on any atom is 0.298 e. The highest BCUT2D eigenvalue weighted by molar-refractivity contribution is 5.85. The summed E-state index contributed by atoms with van der Waals surface area (Å²) in [6, 6.07) is 1.61. The molecule has 2 rings (SSSR count). The molecule has 2 heterocycles. The quantitative estimate of drug-likeness (QED) is 0.553. The van der Waals surface area contributed by atoms with E-state index in [2.05, 4.69) is 19.9 Å². The standard InChI is InChI=1S/C14H17N5O3/c1-21-6-2-4-16-8-10(7-15)22-14-18-12-9-17-5-3-11(12)13(20)19-14/h3,5,7-10,15H,2,4,6H2,1H3,(H,18,19,20). The van der Waals surface area contributed by atoms with Crippen LogP contribution in [0.4, 0.5) is 0 Å². The van der Waals surface area contributed by atoms with Gasteiger partial charge < -0.3 is 14.9 Å². The van der Waals surface area contributed by atoms with Crippen LogP contribution in [0.15, 0.2) is 28.2 Å². The highest BCUT2D eigenvalue weighted by Crippen LogP contribution is 2.08. The van der Waals surface area contributed by atoms with Gasteiger partial charge in [0.1, 0.15) is 0 Å². The molecule has 0 saturated heterocycles. The molecule has 22 heavy (non-hydrogen) atoms. The number of nitrogens with one attached hydrogen (secondary N) is 2. The zero-order chi connectivity index (χ0) is 15.8. The number of aromatic amines is 1. The third-order valence-corrected chi connectivity index (χ3v) is 2.79. The smallest absolute Gasteiger partial charge is 0.298 e. The first-order valence-corrected chi connectivity index (χ1v) is 6.74. The van der Waals surface area contributed by atoms with Gasteiger partial charge in [0.2, 0.25) is 0 Å². The van der Waals surface area contributed by atoms with E-state index >= 15 is 0 Å². The van der Waals surface area contributed by atoms with Gasteiger partial charge in [-0.15, -0.1) is 0 Å². The van der Waals surface area contributed by atoms with Crippen LogP contribution in [0.2, 0.25) is 0 Å². The van der Waals surface area contributed by atoms with Crippen molar-refractivity contribution in [3.63, 3.8) is 0 Å². The maximum atomic E-state index is 11.9. The van der Waals surface area contributed by atoms with E-state index in [0.29, 0.717) is 24.1 Å². The largest absolute Gasteiger partial charge is 0.450 e. The fraction of sp³-hybridized carbons (Fsp3) is 0.357. The number of ether oxygens (including phenoxy) is 2. The number of H-pyrrole nitrogens is 1. The van der Waals surface area contributed by atoms with Gasteiger partial charge in [-0.1, -0.05) is 0 Å². The van der Waals surface area contributed by atoms with Crippen LogP contribution in [0.25, 0.3) is 10.9 Å². The van der Waals surface area contributed by atoms with Crippen LogP contribution in [0.1, 0.15) is 6.42 Å². The Morgan fingerprint density at radius 2 is 2.41 bits per heavy atom. The highest BCUT2D eigenvalue weighted by atomic mass is 16.5. The molecular formula is C14H17N5O3. The minimum Gasteiger partial charge on any atom is -0.450 e. The Morgan fingerprint density at radius 3 is 3.18 bits per heavy atom. The SMILES string of the molecule is COCCCN=CC(C=N)Oc1nc2cnccc2c(=O)[nH]1. The van der Waals surface area contributed by atoms with Crippen molar-refractivity contribution in [1.82, 2.24) is 15.0 Å². The van der Waals surface area contributed by atoms with Crippen LogP contribution in [-0.2, 0) is 4.74 Å². The van der Waals surface area contributed by atoms with Crippen LogP contribution in [0.3, 0.4) is 0 Å². The Hall–Kier alpha value is -2.61. The van der Waals surface area contributed by atoms with Gasteiger partial charge in [-0.3, -0.25) is 19.8 Å². The van der Waals surface area contributed by atoms with Gasteiger partial charge in [0.25, 0.3) is 11.6 Å². The van der Waals surface area contributed by atoms with Crippen LogP contribution in [0, 0.1) is 5.41 Å². The molecule has 0 aliphatic rings. The molecule has 8 heteroatoms. The second-order valence-corrected chi connectivity index (χ2v) is 4.41. The topological polar surface area (TPSA) is 113 Å². The number of methoxy groups -OCH3 is 1. The fourth-order valence-corrected chi connectivity index (χ4v) is 1.74. The summed E-state index contributed by atoms with van der Waals surface area (Å²) in [6.45, 7) is 1.20. The van der Waals surface area contributed by atoms with Crippen molar-refractivity contribution in [2.45, 2.75) is 12.5 Å². The van der Waals surface area contributed by atoms with E-state index in [-0.39, 0.29) is 11.6 Å². The molecule has 0 spiro atoms. The Kier molecular flexibility index (Phi) is 5.73. The summed E-state index contributed by atoms with van der Waals surface area (Å²) in [6.07, 6.45) is 5.67. The molecule has 116 valence electrons. The summed E-state index contributed by atoms with van der Waals surface area (Å²) in [5, 5.41) is 7.78. The number of hydrogen-bond donors (Lipinski definition) is 2. The van der Waals surface area contributed by atoms with E-state index in [9.17, 15) is 4.79 Å². The normalized spacial score (nSPS) is 12.6. The molecule has 0 aromatic carbocycles. The number of hydrogen-bond acceptors (Lipinski definition) is 7. The first-order chi connectivity index (χ1) is 10.7. The summed E-state index contributed by atoms with van der Waals surface area (Å²) in [5.41, 5.74) is 0.116. The molecule has 0 radical (unpaired) electrons. The van der Waals surface area contributed by atoms with Gasteiger partial charge in [-0.2, -0.15) is 4.98 Å². The van der Waals surface area contributed by atoms with Crippen molar-refractivity contribution in [2.24, 2.45) is 4.99 Å². The van der Waals surface area contributed by atoms with Crippen LogP contribution >= 0.6 is 0 Å². The average Bonchev–Trinajstić information content (AvgIpc) is 2.53. The summed E-state index contributed by atoms with van der Waals surface area (Å²) in [7, 11) is 1.63. The lowest BCUT2D eigenvalue weighted by atomic mass is 10.3. The fourth-order valence-electron chi connectivity index (χ4n) is 1.74. The Balaban J connectivity index is 2.08. The Morgan fingerprint density at radius 1 is 1.55 bits per heavy atom. The van der Waals surface area contributed by atoms with Crippen molar-refractivity contribution in [2.75, 3.05) is 20.3 Å². The minimum absolute atomic E-state index is 0.0299. The lowest BCUT2D eigenvalue weighted by Gasteiger charge is -2.09. The van der Waals surface area contributed by atoms with Crippen molar-refractivity contribution >= 4 is 23.3 Å². The van der Waals surface area contributed by atoms with Gasteiger partial charge >= 0.3 is 0 Å². The lowest BCUT2D eigenvalue weighted by Crippen LogP contribution is -2.23. The maximum absolute atomic E-state index is 11.9. The van der Waals surface area contributed by atoms with E-state index in [4.69, 9.17) is 14.9 Å². The Bertz CT molecular complexity index is 713. The first kappa shape index (κ1) is 15.8. The molecular weight excluding hydrogens is 286 g/mol. The molecule has 0 saturated carbocycles.